The zero-order chi connectivity index (χ0) is 14.7. The third kappa shape index (κ3) is 2.86. The van der Waals surface area contributed by atoms with Crippen molar-refractivity contribution in [2.75, 3.05) is 0 Å². The monoisotopic (exact) mass is 295 g/mol. The summed E-state index contributed by atoms with van der Waals surface area (Å²) in [5.74, 6) is 0. The van der Waals surface area contributed by atoms with Gasteiger partial charge in [-0.05, 0) is 23.6 Å². The smallest absolute Gasteiger partial charge is 0.142 e. The minimum atomic E-state index is 0.566. The summed E-state index contributed by atoms with van der Waals surface area (Å²) in [6.07, 6.45) is 2.79. The summed E-state index contributed by atoms with van der Waals surface area (Å²) < 4.78 is 0. The van der Waals surface area contributed by atoms with Crippen LogP contribution in [0.5, 0.6) is 0 Å². The number of nitrogens with two attached hydrogens (primary N) is 1. The van der Waals surface area contributed by atoms with Gasteiger partial charge < -0.3 is 5.73 Å². The van der Waals surface area contributed by atoms with Crippen LogP contribution in [0.4, 0.5) is 0 Å². The van der Waals surface area contributed by atoms with Gasteiger partial charge >= 0.3 is 0 Å². The standard InChI is InChI=1S/C17H17N3S/c1-2-13-4-3-9-19-16(13)17-20-15(11-21-17)14-7-5-12(10-18)6-8-14/h3-9,11H,2,10,18H2,1H3. The maximum Gasteiger partial charge on any atom is 0.142 e. The molecule has 2 heterocycles. The number of nitrogens with zero attached hydrogens (tertiary/aromatic N) is 2. The van der Waals surface area contributed by atoms with E-state index < -0.39 is 0 Å². The number of aromatic nitrogens is 2. The Hall–Kier alpha value is -2.04. The van der Waals surface area contributed by atoms with Gasteiger partial charge in [-0.2, -0.15) is 0 Å². The van der Waals surface area contributed by atoms with Crippen molar-refractivity contribution in [3.63, 3.8) is 0 Å². The number of aryl methyl sites for hydroxylation is 1. The highest BCUT2D eigenvalue weighted by Gasteiger charge is 2.10. The first-order valence-corrected chi connectivity index (χ1v) is 7.89. The Morgan fingerprint density at radius 2 is 1.95 bits per heavy atom. The Bertz CT molecular complexity index is 732. The summed E-state index contributed by atoms with van der Waals surface area (Å²) in [7, 11) is 0. The van der Waals surface area contributed by atoms with E-state index in [1.807, 2.05) is 24.4 Å². The molecule has 0 aliphatic heterocycles. The van der Waals surface area contributed by atoms with Crippen molar-refractivity contribution in [1.82, 2.24) is 9.97 Å². The molecule has 0 aliphatic carbocycles. The van der Waals surface area contributed by atoms with E-state index in [2.05, 4.69) is 35.5 Å². The molecule has 3 aromatic rings. The minimum Gasteiger partial charge on any atom is -0.326 e. The summed E-state index contributed by atoms with van der Waals surface area (Å²) in [5, 5.41) is 3.06. The lowest BCUT2D eigenvalue weighted by Gasteiger charge is -2.02. The normalized spacial score (nSPS) is 10.8. The van der Waals surface area contributed by atoms with Crippen LogP contribution in [-0.4, -0.2) is 9.97 Å². The highest BCUT2D eigenvalue weighted by Crippen LogP contribution is 2.29. The first-order chi connectivity index (χ1) is 10.3. The minimum absolute atomic E-state index is 0.566. The molecule has 2 aromatic heterocycles. The van der Waals surface area contributed by atoms with Gasteiger partial charge in [-0.15, -0.1) is 11.3 Å². The van der Waals surface area contributed by atoms with E-state index >= 15 is 0 Å². The van der Waals surface area contributed by atoms with Crippen LogP contribution in [0.2, 0.25) is 0 Å². The number of thiazole rings is 1. The highest BCUT2D eigenvalue weighted by atomic mass is 32.1. The van der Waals surface area contributed by atoms with Gasteiger partial charge in [0, 0.05) is 23.7 Å². The number of pyridine rings is 1. The number of benzene rings is 1. The average molecular weight is 295 g/mol. The van der Waals surface area contributed by atoms with Crippen LogP contribution in [0.1, 0.15) is 18.1 Å². The second kappa shape index (κ2) is 6.16. The molecule has 0 radical (unpaired) electrons. The van der Waals surface area contributed by atoms with Gasteiger partial charge in [0.2, 0.25) is 0 Å². The first-order valence-electron chi connectivity index (χ1n) is 7.01. The van der Waals surface area contributed by atoms with E-state index in [9.17, 15) is 0 Å². The Balaban J connectivity index is 1.95. The molecule has 0 amide bonds. The summed E-state index contributed by atoms with van der Waals surface area (Å²) in [5.41, 5.74) is 11.1. The predicted octanol–water partition coefficient (Wildman–Crippen LogP) is 3.89. The van der Waals surface area contributed by atoms with Crippen LogP contribution in [0.15, 0.2) is 48.0 Å². The van der Waals surface area contributed by atoms with Crippen molar-refractivity contribution < 1.29 is 0 Å². The molecule has 2 N–H and O–H groups in total. The van der Waals surface area contributed by atoms with Gasteiger partial charge in [-0.3, -0.25) is 4.98 Å². The van der Waals surface area contributed by atoms with Gasteiger partial charge in [-0.1, -0.05) is 37.3 Å². The maximum atomic E-state index is 5.63. The molecule has 0 unspecified atom stereocenters. The van der Waals surface area contributed by atoms with Crippen molar-refractivity contribution >= 4 is 11.3 Å². The van der Waals surface area contributed by atoms with E-state index in [1.165, 1.54) is 5.56 Å². The number of hydrogen-bond acceptors (Lipinski definition) is 4. The van der Waals surface area contributed by atoms with Crippen LogP contribution in [-0.2, 0) is 13.0 Å². The lowest BCUT2D eigenvalue weighted by molar-refractivity contribution is 1.07. The van der Waals surface area contributed by atoms with Crippen molar-refractivity contribution in [3.8, 4) is 22.0 Å². The van der Waals surface area contributed by atoms with Crippen LogP contribution in [0, 0.1) is 0 Å². The predicted molar refractivity (Wildman–Crippen MR) is 88.1 cm³/mol. The van der Waals surface area contributed by atoms with E-state index in [1.54, 1.807) is 11.3 Å². The third-order valence-corrected chi connectivity index (χ3v) is 4.31. The third-order valence-electron chi connectivity index (χ3n) is 3.46. The molecule has 4 heteroatoms. The molecule has 21 heavy (non-hydrogen) atoms. The fourth-order valence-corrected chi connectivity index (χ4v) is 3.10. The van der Waals surface area contributed by atoms with E-state index in [-0.39, 0.29) is 0 Å². The van der Waals surface area contributed by atoms with Gasteiger partial charge in [0.05, 0.1) is 5.69 Å². The second-order valence-electron chi connectivity index (χ2n) is 4.80. The van der Waals surface area contributed by atoms with Crippen LogP contribution < -0.4 is 5.73 Å². The zero-order valence-electron chi connectivity index (χ0n) is 11.9. The lowest BCUT2D eigenvalue weighted by Crippen LogP contribution is -1.95. The number of hydrogen-bond donors (Lipinski definition) is 1. The Morgan fingerprint density at radius 3 is 2.67 bits per heavy atom. The molecular weight excluding hydrogens is 278 g/mol. The first kappa shape index (κ1) is 13.9. The molecular formula is C17H17N3S. The maximum absolute atomic E-state index is 5.63. The van der Waals surface area contributed by atoms with Gasteiger partial charge in [0.15, 0.2) is 0 Å². The summed E-state index contributed by atoms with van der Waals surface area (Å²) in [4.78, 5) is 9.23. The molecule has 0 saturated carbocycles. The molecule has 3 rings (SSSR count). The molecule has 0 aliphatic rings. The topological polar surface area (TPSA) is 51.8 Å². The van der Waals surface area contributed by atoms with Crippen LogP contribution in [0.3, 0.4) is 0 Å². The SMILES string of the molecule is CCc1cccnc1-c1nc(-c2ccc(CN)cc2)cs1. The van der Waals surface area contributed by atoms with E-state index in [0.29, 0.717) is 6.54 Å². The Morgan fingerprint density at radius 1 is 1.14 bits per heavy atom. The van der Waals surface area contributed by atoms with Crippen molar-refractivity contribution in [3.05, 3.63) is 59.1 Å². The van der Waals surface area contributed by atoms with Crippen molar-refractivity contribution in [2.24, 2.45) is 5.73 Å². The second-order valence-corrected chi connectivity index (χ2v) is 5.66. The van der Waals surface area contributed by atoms with Crippen LogP contribution >= 0.6 is 11.3 Å². The number of rotatable bonds is 4. The Kier molecular flexibility index (Phi) is 4.08. The summed E-state index contributed by atoms with van der Waals surface area (Å²) in [6.45, 7) is 2.71. The largest absolute Gasteiger partial charge is 0.326 e. The fraction of sp³-hybridized carbons (Fsp3) is 0.176. The van der Waals surface area contributed by atoms with Crippen molar-refractivity contribution in [1.29, 1.82) is 0 Å². The average Bonchev–Trinajstić information content (AvgIpc) is 3.04. The quantitative estimate of drug-likeness (QED) is 0.794. The van der Waals surface area contributed by atoms with Crippen molar-refractivity contribution in [2.45, 2.75) is 19.9 Å². The lowest BCUT2D eigenvalue weighted by atomic mass is 10.1. The summed E-state index contributed by atoms with van der Waals surface area (Å²) >= 11 is 1.64. The fourth-order valence-electron chi connectivity index (χ4n) is 2.24. The molecule has 0 fully saturated rings. The molecule has 0 bridgehead atoms. The van der Waals surface area contributed by atoms with Gasteiger partial charge in [-0.25, -0.2) is 4.98 Å². The van der Waals surface area contributed by atoms with E-state index in [0.717, 1.165) is 33.9 Å². The zero-order valence-corrected chi connectivity index (χ0v) is 12.7. The molecule has 1 aromatic carbocycles. The molecule has 0 saturated heterocycles. The van der Waals surface area contributed by atoms with Gasteiger partial charge in [0.1, 0.15) is 10.7 Å². The molecule has 0 spiro atoms. The van der Waals surface area contributed by atoms with E-state index in [4.69, 9.17) is 10.7 Å². The molecule has 106 valence electrons. The summed E-state index contributed by atoms with van der Waals surface area (Å²) in [6, 6.07) is 12.3. The van der Waals surface area contributed by atoms with Crippen LogP contribution in [0.25, 0.3) is 22.0 Å². The molecule has 3 nitrogen and oxygen atoms in total. The van der Waals surface area contributed by atoms with Gasteiger partial charge in [0.25, 0.3) is 0 Å². The Labute approximate surface area is 128 Å². The highest BCUT2D eigenvalue weighted by molar-refractivity contribution is 7.13. The molecule has 0 atom stereocenters.